The molecule has 19 heavy (non-hydrogen) atoms. The van der Waals surface area contributed by atoms with Crippen molar-refractivity contribution in [3.05, 3.63) is 17.8 Å². The van der Waals surface area contributed by atoms with Gasteiger partial charge in [0.05, 0.1) is 12.8 Å². The highest BCUT2D eigenvalue weighted by atomic mass is 16.5. The number of hydrogen-bond acceptors (Lipinski definition) is 5. The number of aryl methyl sites for hydroxylation is 1. The molecule has 0 aliphatic rings. The Morgan fingerprint density at radius 2 is 2.16 bits per heavy atom. The van der Waals surface area contributed by atoms with Crippen molar-refractivity contribution in [2.45, 2.75) is 26.2 Å². The van der Waals surface area contributed by atoms with Crippen LogP contribution in [0.5, 0.6) is 0 Å². The largest absolute Gasteiger partial charge is 0.446 e. The lowest BCUT2D eigenvalue weighted by Gasteiger charge is -2.06. The second-order valence-corrected chi connectivity index (χ2v) is 4.83. The number of rotatable bonds is 11. The van der Waals surface area contributed by atoms with Gasteiger partial charge in [0.1, 0.15) is 5.76 Å². The summed E-state index contributed by atoms with van der Waals surface area (Å²) in [5, 5.41) is 3.30. The molecule has 0 bridgehead atoms. The van der Waals surface area contributed by atoms with Gasteiger partial charge in [0, 0.05) is 40.2 Å². The van der Waals surface area contributed by atoms with E-state index >= 15 is 0 Å². The Bertz CT molecular complexity index is 328. The molecule has 0 radical (unpaired) electrons. The van der Waals surface area contributed by atoms with E-state index < -0.39 is 0 Å². The molecule has 1 rings (SSSR count). The van der Waals surface area contributed by atoms with Crippen LogP contribution in [0.4, 0.5) is 0 Å². The van der Waals surface area contributed by atoms with Gasteiger partial charge in [-0.3, -0.25) is 0 Å². The molecule has 1 aromatic heterocycles. The van der Waals surface area contributed by atoms with E-state index in [1.54, 1.807) is 14.2 Å². The third-order valence-corrected chi connectivity index (χ3v) is 2.83. The lowest BCUT2D eigenvalue weighted by atomic mass is 10.1. The van der Waals surface area contributed by atoms with E-state index in [1.807, 2.05) is 6.20 Å². The first-order valence-electron chi connectivity index (χ1n) is 6.88. The fourth-order valence-electron chi connectivity index (χ4n) is 1.91. The van der Waals surface area contributed by atoms with Crippen LogP contribution in [-0.2, 0) is 22.3 Å². The molecular weight excluding hydrogens is 244 g/mol. The summed E-state index contributed by atoms with van der Waals surface area (Å²) in [5.41, 5.74) is 0. The van der Waals surface area contributed by atoms with Crippen LogP contribution in [0.2, 0.25) is 0 Å². The van der Waals surface area contributed by atoms with Crippen molar-refractivity contribution in [3.63, 3.8) is 0 Å². The first kappa shape index (κ1) is 16.1. The van der Waals surface area contributed by atoms with Gasteiger partial charge in [0.15, 0.2) is 5.89 Å². The lowest BCUT2D eigenvalue weighted by Crippen LogP contribution is -2.20. The number of nitrogens with one attached hydrogen (secondary N) is 1. The van der Waals surface area contributed by atoms with Crippen LogP contribution in [0.1, 0.15) is 25.0 Å². The Morgan fingerprint density at radius 1 is 1.32 bits per heavy atom. The second kappa shape index (κ2) is 9.95. The highest BCUT2D eigenvalue weighted by molar-refractivity contribution is 4.95. The minimum Gasteiger partial charge on any atom is -0.446 e. The van der Waals surface area contributed by atoms with Crippen LogP contribution in [0.25, 0.3) is 0 Å². The van der Waals surface area contributed by atoms with Gasteiger partial charge < -0.3 is 19.2 Å². The molecule has 0 aromatic carbocycles. The molecule has 0 saturated heterocycles. The van der Waals surface area contributed by atoms with Gasteiger partial charge in [-0.2, -0.15) is 0 Å². The van der Waals surface area contributed by atoms with E-state index in [0.717, 1.165) is 57.2 Å². The molecule has 0 fully saturated rings. The summed E-state index contributed by atoms with van der Waals surface area (Å²) in [4.78, 5) is 4.30. The molecule has 5 nitrogen and oxygen atoms in total. The first-order chi connectivity index (χ1) is 9.26. The van der Waals surface area contributed by atoms with Crippen molar-refractivity contribution in [2.24, 2.45) is 5.92 Å². The Kier molecular flexibility index (Phi) is 8.45. The maximum absolute atomic E-state index is 5.71. The Morgan fingerprint density at radius 3 is 2.89 bits per heavy atom. The van der Waals surface area contributed by atoms with E-state index in [0.29, 0.717) is 5.92 Å². The van der Waals surface area contributed by atoms with E-state index in [-0.39, 0.29) is 0 Å². The van der Waals surface area contributed by atoms with Gasteiger partial charge in [-0.1, -0.05) is 6.92 Å². The van der Waals surface area contributed by atoms with Gasteiger partial charge >= 0.3 is 0 Å². The van der Waals surface area contributed by atoms with Crippen molar-refractivity contribution in [1.82, 2.24) is 10.3 Å². The van der Waals surface area contributed by atoms with Crippen molar-refractivity contribution in [3.8, 4) is 0 Å². The fourth-order valence-corrected chi connectivity index (χ4v) is 1.91. The topological polar surface area (TPSA) is 56.5 Å². The van der Waals surface area contributed by atoms with Crippen LogP contribution in [0.15, 0.2) is 10.6 Å². The van der Waals surface area contributed by atoms with Crippen molar-refractivity contribution >= 4 is 0 Å². The molecule has 5 heteroatoms. The van der Waals surface area contributed by atoms with E-state index in [2.05, 4.69) is 17.2 Å². The number of nitrogens with zero attached hydrogens (tertiary/aromatic N) is 1. The zero-order valence-electron chi connectivity index (χ0n) is 12.3. The molecule has 0 aliphatic carbocycles. The number of ether oxygens (including phenoxy) is 2. The first-order valence-corrected chi connectivity index (χ1v) is 6.88. The maximum atomic E-state index is 5.71. The summed E-state index contributed by atoms with van der Waals surface area (Å²) >= 11 is 0. The fraction of sp³-hybridized carbons (Fsp3) is 0.786. The van der Waals surface area contributed by atoms with Crippen LogP contribution >= 0.6 is 0 Å². The van der Waals surface area contributed by atoms with Gasteiger partial charge in [0.25, 0.3) is 0 Å². The Labute approximate surface area is 115 Å². The number of methoxy groups -OCH3 is 2. The summed E-state index contributed by atoms with van der Waals surface area (Å²) in [6.45, 7) is 5.49. The quantitative estimate of drug-likeness (QED) is 0.620. The molecular formula is C14H26N2O3. The smallest absolute Gasteiger partial charge is 0.194 e. The van der Waals surface area contributed by atoms with Crippen molar-refractivity contribution < 1.29 is 13.9 Å². The minimum atomic E-state index is 0.460. The molecule has 0 saturated carbocycles. The average molecular weight is 270 g/mol. The Hall–Kier alpha value is -0.910. The highest BCUT2D eigenvalue weighted by Crippen LogP contribution is 2.11. The third kappa shape index (κ3) is 7.30. The molecule has 0 amide bonds. The van der Waals surface area contributed by atoms with Gasteiger partial charge in [-0.25, -0.2) is 4.98 Å². The predicted molar refractivity (Wildman–Crippen MR) is 74.3 cm³/mol. The van der Waals surface area contributed by atoms with Crippen LogP contribution in [-0.4, -0.2) is 45.5 Å². The van der Waals surface area contributed by atoms with Gasteiger partial charge in [0.2, 0.25) is 0 Å². The molecule has 1 atom stereocenters. The number of oxazole rings is 1. The lowest BCUT2D eigenvalue weighted by molar-refractivity contribution is 0.156. The zero-order valence-corrected chi connectivity index (χ0v) is 12.3. The summed E-state index contributed by atoms with van der Waals surface area (Å²) in [5.74, 6) is 2.24. The maximum Gasteiger partial charge on any atom is 0.194 e. The van der Waals surface area contributed by atoms with Crippen LogP contribution < -0.4 is 5.32 Å². The molecule has 1 aromatic rings. The molecule has 1 heterocycles. The molecule has 1 N–H and O–H groups in total. The number of aromatic nitrogens is 1. The normalized spacial score (nSPS) is 12.8. The summed E-state index contributed by atoms with van der Waals surface area (Å²) < 4.78 is 15.8. The highest BCUT2D eigenvalue weighted by Gasteiger charge is 2.08. The van der Waals surface area contributed by atoms with E-state index in [9.17, 15) is 0 Å². The van der Waals surface area contributed by atoms with Crippen molar-refractivity contribution in [2.75, 3.05) is 40.5 Å². The van der Waals surface area contributed by atoms with Crippen LogP contribution in [0, 0.1) is 5.92 Å². The minimum absolute atomic E-state index is 0.460. The monoisotopic (exact) mass is 270 g/mol. The molecule has 0 aliphatic heterocycles. The molecule has 0 spiro atoms. The van der Waals surface area contributed by atoms with Crippen molar-refractivity contribution in [1.29, 1.82) is 0 Å². The summed E-state index contributed by atoms with van der Waals surface area (Å²) in [7, 11) is 3.43. The van der Waals surface area contributed by atoms with E-state index in [1.165, 1.54) is 0 Å². The zero-order chi connectivity index (χ0) is 13.9. The van der Waals surface area contributed by atoms with Gasteiger partial charge in [-0.15, -0.1) is 0 Å². The standard InChI is InChI=1S/C14H26N2O3/c1-12(11-18-3)9-13-10-16-14(19-13)5-4-6-15-7-8-17-2/h10,12,15H,4-9,11H2,1-3H3. The SMILES string of the molecule is COCCNCCCc1ncc(CC(C)COC)o1. The summed E-state index contributed by atoms with van der Waals surface area (Å²) in [6, 6.07) is 0. The van der Waals surface area contributed by atoms with E-state index in [4.69, 9.17) is 13.9 Å². The van der Waals surface area contributed by atoms with Crippen LogP contribution in [0.3, 0.4) is 0 Å². The predicted octanol–water partition coefficient (Wildman–Crippen LogP) is 1.67. The van der Waals surface area contributed by atoms with Gasteiger partial charge in [-0.05, 0) is 18.9 Å². The molecule has 110 valence electrons. The summed E-state index contributed by atoms with van der Waals surface area (Å²) in [6.07, 6.45) is 4.61. The second-order valence-electron chi connectivity index (χ2n) is 4.83. The Balaban J connectivity index is 2.16. The number of hydrogen-bond donors (Lipinski definition) is 1. The molecule has 1 unspecified atom stereocenters. The third-order valence-electron chi connectivity index (χ3n) is 2.83. The average Bonchev–Trinajstić information content (AvgIpc) is 2.81.